The number of aliphatic hydroxyl groups excluding tert-OH is 1. The van der Waals surface area contributed by atoms with Gasteiger partial charge in [-0.15, -0.1) is 11.3 Å². The Morgan fingerprint density at radius 2 is 2.07 bits per heavy atom. The molecule has 1 aliphatic rings. The Bertz CT molecular complexity index is 1040. The van der Waals surface area contributed by atoms with E-state index in [1.807, 2.05) is 51.0 Å². The molecule has 3 aromatic rings. The molecule has 2 heterocycles. The third kappa shape index (κ3) is 4.20. The number of anilines is 2. The van der Waals surface area contributed by atoms with E-state index >= 15 is 0 Å². The Hall–Kier alpha value is -2.45. The lowest BCUT2D eigenvalue weighted by atomic mass is 10.1. The molecular weight excluding hydrogens is 398 g/mol. The molecule has 1 aliphatic carbocycles. The molecule has 4 rings (SSSR count). The van der Waals surface area contributed by atoms with Gasteiger partial charge in [0.2, 0.25) is 5.95 Å². The van der Waals surface area contributed by atoms with E-state index in [0.29, 0.717) is 24.5 Å². The van der Waals surface area contributed by atoms with E-state index in [1.165, 1.54) is 0 Å². The molecule has 0 saturated heterocycles. The molecule has 0 unspecified atom stereocenters. The normalized spacial score (nSPS) is 18.7. The predicted octanol–water partition coefficient (Wildman–Crippen LogP) is 4.10. The summed E-state index contributed by atoms with van der Waals surface area (Å²) >= 11 is 1.63. The van der Waals surface area contributed by atoms with Gasteiger partial charge in [-0.25, -0.2) is 9.97 Å². The molecule has 1 aromatic carbocycles. The third-order valence-corrected chi connectivity index (χ3v) is 6.54. The van der Waals surface area contributed by atoms with Gasteiger partial charge in [-0.2, -0.15) is 4.98 Å². The maximum atomic E-state index is 9.51. The van der Waals surface area contributed by atoms with Gasteiger partial charge in [-0.1, -0.05) is 0 Å². The molecule has 0 bridgehead atoms. The van der Waals surface area contributed by atoms with Gasteiger partial charge in [0.25, 0.3) is 0 Å². The van der Waals surface area contributed by atoms with Crippen LogP contribution in [0.1, 0.15) is 31.9 Å². The molecule has 0 radical (unpaired) electrons. The lowest BCUT2D eigenvalue weighted by Gasteiger charge is -2.20. The lowest BCUT2D eigenvalue weighted by molar-refractivity contribution is 0.229. The second-order valence-electron chi connectivity index (χ2n) is 8.01. The molecule has 1 saturated carbocycles. The van der Waals surface area contributed by atoms with Crippen molar-refractivity contribution in [3.63, 3.8) is 0 Å². The first-order valence-electron chi connectivity index (χ1n) is 10.5. The smallest absolute Gasteiger partial charge is 0.227 e. The standard InChI is InChI=1S/C22H29N5O2S/c1-5-29-16-8-9-17-18(11-16)30-21(25-17)19-13(2)23-22(27(3)4)26-20(19)24-15-7-6-14(10-15)12-28/h8-9,11,14-15,28H,5-7,10,12H2,1-4H3,(H,23,24,26)/t14-,15+/m1/s1. The number of thiazole rings is 1. The Morgan fingerprint density at radius 3 is 2.77 bits per heavy atom. The van der Waals surface area contributed by atoms with E-state index in [4.69, 9.17) is 19.7 Å². The second-order valence-corrected chi connectivity index (χ2v) is 9.04. The summed E-state index contributed by atoms with van der Waals surface area (Å²) in [5.41, 5.74) is 2.80. The quantitative estimate of drug-likeness (QED) is 0.587. The summed E-state index contributed by atoms with van der Waals surface area (Å²) in [7, 11) is 3.89. The van der Waals surface area contributed by atoms with Gasteiger partial charge in [0, 0.05) is 26.7 Å². The number of hydrogen-bond acceptors (Lipinski definition) is 8. The zero-order valence-electron chi connectivity index (χ0n) is 18.0. The van der Waals surface area contributed by atoms with Crippen LogP contribution in [-0.4, -0.2) is 53.4 Å². The number of aromatic nitrogens is 3. The minimum absolute atomic E-state index is 0.247. The molecule has 8 heteroatoms. The molecule has 160 valence electrons. The largest absolute Gasteiger partial charge is 0.494 e. The summed E-state index contributed by atoms with van der Waals surface area (Å²) in [6, 6.07) is 6.30. The Labute approximate surface area is 181 Å². The molecule has 2 aromatic heterocycles. The van der Waals surface area contributed by atoms with Crippen molar-refractivity contribution in [3.8, 4) is 16.3 Å². The molecule has 0 aliphatic heterocycles. The van der Waals surface area contributed by atoms with Crippen molar-refractivity contribution in [1.82, 2.24) is 15.0 Å². The highest BCUT2D eigenvalue weighted by molar-refractivity contribution is 7.21. The Balaban J connectivity index is 1.75. The number of hydrogen-bond donors (Lipinski definition) is 2. The number of aliphatic hydroxyl groups is 1. The van der Waals surface area contributed by atoms with E-state index in [9.17, 15) is 5.11 Å². The number of rotatable bonds is 7. The monoisotopic (exact) mass is 427 g/mol. The predicted molar refractivity (Wildman–Crippen MR) is 123 cm³/mol. The third-order valence-electron chi connectivity index (χ3n) is 5.50. The highest BCUT2D eigenvalue weighted by Crippen LogP contribution is 2.38. The van der Waals surface area contributed by atoms with Crippen molar-refractivity contribution in [1.29, 1.82) is 0 Å². The maximum Gasteiger partial charge on any atom is 0.227 e. The van der Waals surface area contributed by atoms with Gasteiger partial charge in [0.15, 0.2) is 0 Å². The maximum absolute atomic E-state index is 9.51. The van der Waals surface area contributed by atoms with Gasteiger partial charge in [0.1, 0.15) is 16.6 Å². The van der Waals surface area contributed by atoms with Gasteiger partial charge in [-0.3, -0.25) is 0 Å². The van der Waals surface area contributed by atoms with Gasteiger partial charge in [0.05, 0.1) is 28.1 Å². The van der Waals surface area contributed by atoms with Crippen molar-refractivity contribution >= 4 is 33.3 Å². The van der Waals surface area contributed by atoms with Crippen LogP contribution >= 0.6 is 11.3 Å². The molecule has 1 fully saturated rings. The van der Waals surface area contributed by atoms with Crippen molar-refractivity contribution in [3.05, 3.63) is 23.9 Å². The average Bonchev–Trinajstić information content (AvgIpc) is 3.34. The van der Waals surface area contributed by atoms with Crippen molar-refractivity contribution in [2.24, 2.45) is 5.92 Å². The van der Waals surface area contributed by atoms with E-state index in [1.54, 1.807) is 11.3 Å². The number of nitrogens with one attached hydrogen (secondary N) is 1. The summed E-state index contributed by atoms with van der Waals surface area (Å²) in [6.07, 6.45) is 3.02. The minimum Gasteiger partial charge on any atom is -0.494 e. The lowest BCUT2D eigenvalue weighted by Crippen LogP contribution is -2.21. The summed E-state index contributed by atoms with van der Waals surface area (Å²) in [5.74, 6) is 2.71. The van der Waals surface area contributed by atoms with Crippen LogP contribution in [0.5, 0.6) is 5.75 Å². The van der Waals surface area contributed by atoms with Gasteiger partial charge in [-0.05, 0) is 57.2 Å². The van der Waals surface area contributed by atoms with E-state index in [-0.39, 0.29) is 6.61 Å². The fraction of sp³-hybridized carbons (Fsp3) is 0.500. The molecular formula is C22H29N5O2S. The number of aryl methyl sites for hydroxylation is 1. The molecule has 30 heavy (non-hydrogen) atoms. The first-order valence-corrected chi connectivity index (χ1v) is 11.3. The number of nitrogens with zero attached hydrogens (tertiary/aromatic N) is 4. The van der Waals surface area contributed by atoms with Crippen LogP contribution in [-0.2, 0) is 0 Å². The first-order chi connectivity index (χ1) is 14.5. The van der Waals surface area contributed by atoms with Gasteiger partial charge < -0.3 is 20.1 Å². The fourth-order valence-corrected chi connectivity index (χ4v) is 5.04. The van der Waals surface area contributed by atoms with Crippen molar-refractivity contribution in [2.45, 2.75) is 39.2 Å². The highest BCUT2D eigenvalue weighted by atomic mass is 32.1. The molecule has 0 amide bonds. The SMILES string of the molecule is CCOc1ccc2nc(-c3c(C)nc(N(C)C)nc3N[C@H]3CC[C@@H](CO)C3)sc2c1. The molecule has 2 N–H and O–H groups in total. The summed E-state index contributed by atoms with van der Waals surface area (Å²) in [4.78, 5) is 16.3. The number of benzene rings is 1. The average molecular weight is 428 g/mol. The zero-order valence-corrected chi connectivity index (χ0v) is 18.8. The zero-order chi connectivity index (χ0) is 21.3. The Morgan fingerprint density at radius 1 is 1.23 bits per heavy atom. The van der Waals surface area contributed by atoms with Crippen LogP contribution in [0.3, 0.4) is 0 Å². The van der Waals surface area contributed by atoms with E-state index in [2.05, 4.69) is 5.32 Å². The molecule has 7 nitrogen and oxygen atoms in total. The van der Waals surface area contributed by atoms with Crippen LogP contribution in [0, 0.1) is 12.8 Å². The van der Waals surface area contributed by atoms with Crippen LogP contribution in [0.25, 0.3) is 20.8 Å². The van der Waals surface area contributed by atoms with Crippen molar-refractivity contribution < 1.29 is 9.84 Å². The minimum atomic E-state index is 0.247. The van der Waals surface area contributed by atoms with Crippen LogP contribution < -0.4 is 15.0 Å². The van der Waals surface area contributed by atoms with E-state index in [0.717, 1.165) is 57.3 Å². The summed E-state index contributed by atoms with van der Waals surface area (Å²) < 4.78 is 6.73. The Kier molecular flexibility index (Phi) is 6.06. The van der Waals surface area contributed by atoms with Crippen LogP contribution in [0.2, 0.25) is 0 Å². The van der Waals surface area contributed by atoms with E-state index < -0.39 is 0 Å². The fourth-order valence-electron chi connectivity index (χ4n) is 3.95. The number of ether oxygens (including phenoxy) is 1. The van der Waals surface area contributed by atoms with Gasteiger partial charge >= 0.3 is 0 Å². The summed E-state index contributed by atoms with van der Waals surface area (Å²) in [6.45, 7) is 4.88. The first kappa shape index (κ1) is 20.8. The second kappa shape index (κ2) is 8.73. The van der Waals surface area contributed by atoms with Crippen molar-refractivity contribution in [2.75, 3.05) is 37.5 Å². The van der Waals surface area contributed by atoms with Crippen LogP contribution in [0.15, 0.2) is 18.2 Å². The highest BCUT2D eigenvalue weighted by Gasteiger charge is 2.27. The molecule has 0 spiro atoms. The number of fused-ring (bicyclic) bond motifs is 1. The van der Waals surface area contributed by atoms with Crippen LogP contribution in [0.4, 0.5) is 11.8 Å². The summed E-state index contributed by atoms with van der Waals surface area (Å²) in [5, 5.41) is 14.0. The topological polar surface area (TPSA) is 83.4 Å². The molecule has 2 atom stereocenters.